The summed E-state index contributed by atoms with van der Waals surface area (Å²) in [4.78, 5) is 1.22. The average Bonchev–Trinajstić information content (AvgIpc) is 2.84. The number of aromatic nitrogens is 2. The molecule has 0 unspecified atom stereocenters. The minimum absolute atomic E-state index is 0.0363. The first-order chi connectivity index (χ1) is 8.98. The highest BCUT2D eigenvalue weighted by Gasteiger charge is 2.12. The van der Waals surface area contributed by atoms with Crippen LogP contribution in [0.25, 0.3) is 11.5 Å². The average molecular weight is 277 g/mol. The van der Waals surface area contributed by atoms with Crippen LogP contribution in [0, 0.1) is 0 Å². The van der Waals surface area contributed by atoms with Crippen LogP contribution < -0.4 is 5.32 Å². The predicted molar refractivity (Wildman–Crippen MR) is 78.1 cm³/mol. The Morgan fingerprint density at radius 1 is 1.16 bits per heavy atom. The van der Waals surface area contributed by atoms with Gasteiger partial charge in [0.25, 0.3) is 0 Å². The van der Waals surface area contributed by atoms with Gasteiger partial charge in [0.15, 0.2) is 0 Å². The molecule has 2 rings (SSSR count). The van der Waals surface area contributed by atoms with Crippen LogP contribution in [-0.4, -0.2) is 22.0 Å². The molecule has 1 aromatic heterocycles. The van der Waals surface area contributed by atoms with E-state index in [4.69, 9.17) is 4.42 Å². The van der Waals surface area contributed by atoms with E-state index in [1.807, 2.05) is 12.1 Å². The Kier molecular flexibility index (Phi) is 4.27. The number of hydrogen-bond acceptors (Lipinski definition) is 5. The number of nitrogens with zero attached hydrogens (tertiary/aromatic N) is 2. The molecule has 0 aliphatic rings. The molecule has 0 fully saturated rings. The van der Waals surface area contributed by atoms with E-state index in [2.05, 4.69) is 54.7 Å². The fourth-order valence-corrected chi connectivity index (χ4v) is 1.92. The summed E-state index contributed by atoms with van der Waals surface area (Å²) < 4.78 is 5.65. The first-order valence-electron chi connectivity index (χ1n) is 6.20. The van der Waals surface area contributed by atoms with Gasteiger partial charge >= 0.3 is 0 Å². The summed E-state index contributed by atoms with van der Waals surface area (Å²) in [6, 6.07) is 8.11. The van der Waals surface area contributed by atoms with Crippen molar-refractivity contribution in [2.24, 2.45) is 0 Å². The van der Waals surface area contributed by atoms with Crippen LogP contribution in [-0.2, 0) is 6.54 Å². The number of thioether (sulfide) groups is 1. The summed E-state index contributed by atoms with van der Waals surface area (Å²) in [6.45, 7) is 6.89. The second-order valence-corrected chi connectivity index (χ2v) is 6.21. The van der Waals surface area contributed by atoms with Crippen LogP contribution in [0.15, 0.2) is 33.6 Å². The molecule has 0 saturated heterocycles. The van der Waals surface area contributed by atoms with E-state index < -0.39 is 0 Å². The molecule has 102 valence electrons. The minimum Gasteiger partial charge on any atom is -0.419 e. The molecule has 1 aromatic carbocycles. The summed E-state index contributed by atoms with van der Waals surface area (Å²) in [5, 5.41) is 11.5. The predicted octanol–water partition coefficient (Wildman–Crippen LogP) is 3.35. The quantitative estimate of drug-likeness (QED) is 0.869. The zero-order valence-electron chi connectivity index (χ0n) is 11.7. The minimum atomic E-state index is 0.0363. The molecular formula is C14H19N3OS. The van der Waals surface area contributed by atoms with Crippen molar-refractivity contribution in [2.45, 2.75) is 37.8 Å². The maximum absolute atomic E-state index is 5.65. The van der Waals surface area contributed by atoms with Crippen LogP contribution in [0.4, 0.5) is 0 Å². The molecular weight excluding hydrogens is 258 g/mol. The van der Waals surface area contributed by atoms with Gasteiger partial charge in [0.2, 0.25) is 11.8 Å². The zero-order chi connectivity index (χ0) is 13.9. The Morgan fingerprint density at radius 3 is 2.42 bits per heavy atom. The molecule has 4 nitrogen and oxygen atoms in total. The largest absolute Gasteiger partial charge is 0.419 e. The van der Waals surface area contributed by atoms with E-state index in [-0.39, 0.29) is 5.54 Å². The summed E-state index contributed by atoms with van der Waals surface area (Å²) in [5.74, 6) is 1.18. The monoisotopic (exact) mass is 277 g/mol. The molecule has 0 amide bonds. The molecule has 1 N–H and O–H groups in total. The van der Waals surface area contributed by atoms with Gasteiger partial charge in [-0.1, -0.05) is 0 Å². The molecule has 2 aromatic rings. The molecule has 0 radical (unpaired) electrons. The Morgan fingerprint density at radius 2 is 1.84 bits per heavy atom. The Bertz CT molecular complexity index is 528. The van der Waals surface area contributed by atoms with Crippen molar-refractivity contribution in [3.8, 4) is 11.5 Å². The van der Waals surface area contributed by atoms with E-state index >= 15 is 0 Å². The summed E-state index contributed by atoms with van der Waals surface area (Å²) in [6.07, 6.45) is 2.05. The lowest BCUT2D eigenvalue weighted by molar-refractivity contribution is 0.383. The van der Waals surface area contributed by atoms with E-state index in [0.29, 0.717) is 18.3 Å². The zero-order valence-corrected chi connectivity index (χ0v) is 12.5. The molecule has 0 bridgehead atoms. The topological polar surface area (TPSA) is 51.0 Å². The maximum Gasteiger partial charge on any atom is 0.247 e. The molecule has 0 aliphatic heterocycles. The molecule has 1 heterocycles. The third kappa shape index (κ3) is 4.08. The highest BCUT2D eigenvalue weighted by molar-refractivity contribution is 7.98. The van der Waals surface area contributed by atoms with E-state index in [1.165, 1.54) is 4.90 Å². The fourth-order valence-electron chi connectivity index (χ4n) is 1.52. The van der Waals surface area contributed by atoms with Gasteiger partial charge in [0.1, 0.15) is 0 Å². The van der Waals surface area contributed by atoms with Gasteiger partial charge in [-0.3, -0.25) is 0 Å². The molecule has 0 spiro atoms. The van der Waals surface area contributed by atoms with E-state index in [0.717, 1.165) is 5.56 Å². The summed E-state index contributed by atoms with van der Waals surface area (Å²) >= 11 is 1.71. The van der Waals surface area contributed by atoms with Gasteiger partial charge < -0.3 is 9.73 Å². The van der Waals surface area contributed by atoms with Crippen molar-refractivity contribution in [3.05, 3.63) is 30.2 Å². The lowest BCUT2D eigenvalue weighted by atomic mass is 10.1. The highest BCUT2D eigenvalue weighted by Crippen LogP contribution is 2.22. The van der Waals surface area contributed by atoms with Gasteiger partial charge in [-0.25, -0.2) is 0 Å². The van der Waals surface area contributed by atoms with E-state index in [9.17, 15) is 0 Å². The molecule has 0 atom stereocenters. The van der Waals surface area contributed by atoms with Crippen molar-refractivity contribution in [3.63, 3.8) is 0 Å². The number of benzene rings is 1. The smallest absolute Gasteiger partial charge is 0.247 e. The SMILES string of the molecule is CSc1ccc(-c2nnc(CNC(C)(C)C)o2)cc1. The molecule has 19 heavy (non-hydrogen) atoms. The normalized spacial score (nSPS) is 11.8. The Hall–Kier alpha value is -1.33. The molecule has 0 saturated carbocycles. The van der Waals surface area contributed by atoms with Crippen molar-refractivity contribution in [2.75, 3.05) is 6.26 Å². The van der Waals surface area contributed by atoms with Gasteiger partial charge in [-0.2, -0.15) is 0 Å². The van der Waals surface area contributed by atoms with Gasteiger partial charge in [0.05, 0.1) is 6.54 Å². The van der Waals surface area contributed by atoms with Crippen molar-refractivity contribution < 1.29 is 4.42 Å². The van der Waals surface area contributed by atoms with Crippen LogP contribution in [0.2, 0.25) is 0 Å². The number of hydrogen-bond donors (Lipinski definition) is 1. The van der Waals surface area contributed by atoms with Gasteiger partial charge in [0, 0.05) is 16.0 Å². The maximum atomic E-state index is 5.65. The molecule has 0 aliphatic carbocycles. The standard InChI is InChI=1S/C14H19N3OS/c1-14(2,3)15-9-12-16-17-13(18-12)10-5-7-11(19-4)8-6-10/h5-8,15H,9H2,1-4H3. The first-order valence-corrected chi connectivity index (χ1v) is 7.42. The van der Waals surface area contributed by atoms with Crippen LogP contribution in [0.1, 0.15) is 26.7 Å². The number of nitrogens with one attached hydrogen (secondary N) is 1. The van der Waals surface area contributed by atoms with Crippen LogP contribution >= 0.6 is 11.8 Å². The van der Waals surface area contributed by atoms with Gasteiger partial charge in [-0.15, -0.1) is 22.0 Å². The fraction of sp³-hybridized carbons (Fsp3) is 0.429. The lowest BCUT2D eigenvalue weighted by Gasteiger charge is -2.18. The second-order valence-electron chi connectivity index (χ2n) is 5.33. The number of rotatable bonds is 4. The summed E-state index contributed by atoms with van der Waals surface area (Å²) in [7, 11) is 0. The second kappa shape index (κ2) is 5.75. The Labute approximate surface area is 118 Å². The summed E-state index contributed by atoms with van der Waals surface area (Å²) in [5.41, 5.74) is 0.988. The van der Waals surface area contributed by atoms with Crippen LogP contribution in [0.5, 0.6) is 0 Å². The first kappa shape index (κ1) is 14.1. The van der Waals surface area contributed by atoms with Crippen molar-refractivity contribution >= 4 is 11.8 Å². The molecule has 5 heteroatoms. The third-order valence-corrected chi connectivity index (χ3v) is 3.32. The van der Waals surface area contributed by atoms with Crippen LogP contribution in [0.3, 0.4) is 0 Å². The van der Waals surface area contributed by atoms with Crippen molar-refractivity contribution in [1.29, 1.82) is 0 Å². The highest BCUT2D eigenvalue weighted by atomic mass is 32.2. The third-order valence-electron chi connectivity index (χ3n) is 2.57. The van der Waals surface area contributed by atoms with Crippen molar-refractivity contribution in [1.82, 2.24) is 15.5 Å². The van der Waals surface area contributed by atoms with Gasteiger partial charge in [-0.05, 0) is 51.3 Å². The lowest BCUT2D eigenvalue weighted by Crippen LogP contribution is -2.35. The van der Waals surface area contributed by atoms with E-state index in [1.54, 1.807) is 11.8 Å². The Balaban J connectivity index is 2.07.